The van der Waals surface area contributed by atoms with Gasteiger partial charge in [-0.05, 0) is 59.4 Å². The number of fused-ring (bicyclic) bond motifs is 1. The van der Waals surface area contributed by atoms with Gasteiger partial charge in [0, 0.05) is 48.3 Å². The smallest absolute Gasteiger partial charge is 0.237 e. The molecule has 1 heterocycles. The van der Waals surface area contributed by atoms with E-state index in [1.807, 2.05) is 59.6 Å². The maximum Gasteiger partial charge on any atom is 0.237 e. The number of benzene rings is 3. The van der Waals surface area contributed by atoms with E-state index in [4.69, 9.17) is 34.8 Å². The molecule has 4 rings (SSSR count). The van der Waals surface area contributed by atoms with Crippen LogP contribution < -0.4 is 0 Å². The second-order valence-electron chi connectivity index (χ2n) is 9.87. The summed E-state index contributed by atoms with van der Waals surface area (Å²) in [7, 11) is 0. The van der Waals surface area contributed by atoms with Gasteiger partial charge in [-0.15, -0.1) is 0 Å². The number of carbonyl (C=O) groups excluding carboxylic acids is 1. The van der Waals surface area contributed by atoms with E-state index in [-0.39, 0.29) is 5.91 Å². The molecule has 4 nitrogen and oxygen atoms in total. The lowest BCUT2D eigenvalue weighted by Gasteiger charge is -2.29. The molecule has 1 N–H and O–H groups in total. The van der Waals surface area contributed by atoms with Gasteiger partial charge in [0.2, 0.25) is 5.91 Å². The van der Waals surface area contributed by atoms with Gasteiger partial charge in [-0.1, -0.05) is 85.0 Å². The minimum absolute atomic E-state index is 0.0774. The highest BCUT2D eigenvalue weighted by Gasteiger charge is 2.20. The lowest BCUT2D eigenvalue weighted by Crippen LogP contribution is -2.42. The van der Waals surface area contributed by atoms with E-state index >= 15 is 0 Å². The van der Waals surface area contributed by atoms with Crippen LogP contribution in [0, 0.1) is 5.92 Å². The summed E-state index contributed by atoms with van der Waals surface area (Å²) in [6.45, 7) is 7.17. The largest absolute Gasteiger partial charge is 0.361 e. The standard InChI is InChI=1S/C30H32Cl3N3O/c1-21(2)17-35(18-22-6-5-7-25(31)14-22)20-30(37)36(19-23-10-11-27(32)28(33)15-23)13-12-24-16-34-29-9-4-3-8-26(24)29/h3-11,14-16,21,34H,12-13,17-20H2,1-2H3. The Balaban J connectivity index is 1.53. The zero-order chi connectivity index (χ0) is 26.4. The summed E-state index contributed by atoms with van der Waals surface area (Å²) in [6.07, 6.45) is 2.78. The number of amides is 1. The van der Waals surface area contributed by atoms with Crippen molar-refractivity contribution in [3.05, 3.63) is 105 Å². The normalized spacial score (nSPS) is 11.5. The summed E-state index contributed by atoms with van der Waals surface area (Å²) in [5, 5.41) is 2.89. The maximum atomic E-state index is 13.8. The van der Waals surface area contributed by atoms with E-state index in [0.29, 0.717) is 47.2 Å². The topological polar surface area (TPSA) is 39.3 Å². The van der Waals surface area contributed by atoms with Crippen LogP contribution >= 0.6 is 34.8 Å². The van der Waals surface area contributed by atoms with Crippen LogP contribution in [0.2, 0.25) is 15.1 Å². The summed E-state index contributed by atoms with van der Waals surface area (Å²) in [5.41, 5.74) is 4.34. The van der Waals surface area contributed by atoms with Crippen LogP contribution in [0.4, 0.5) is 0 Å². The molecular formula is C30H32Cl3N3O. The minimum atomic E-state index is 0.0774. The van der Waals surface area contributed by atoms with Crippen LogP contribution in [-0.2, 0) is 24.3 Å². The van der Waals surface area contributed by atoms with Gasteiger partial charge in [0.25, 0.3) is 0 Å². The SMILES string of the molecule is CC(C)CN(CC(=O)N(CCc1c[nH]c2ccccc12)Cc1ccc(Cl)c(Cl)c1)Cc1cccc(Cl)c1. The Labute approximate surface area is 234 Å². The van der Waals surface area contributed by atoms with Crippen molar-refractivity contribution in [1.29, 1.82) is 0 Å². The first-order valence-electron chi connectivity index (χ1n) is 12.5. The molecule has 0 unspecified atom stereocenters. The van der Waals surface area contributed by atoms with Gasteiger partial charge in [-0.2, -0.15) is 0 Å². The van der Waals surface area contributed by atoms with Crippen molar-refractivity contribution in [2.75, 3.05) is 19.6 Å². The molecule has 0 aliphatic heterocycles. The molecule has 4 aromatic rings. The summed E-state index contributed by atoms with van der Waals surface area (Å²) >= 11 is 18.6. The van der Waals surface area contributed by atoms with Crippen LogP contribution in [0.1, 0.15) is 30.5 Å². The Morgan fingerprint density at radius 3 is 2.43 bits per heavy atom. The molecule has 194 valence electrons. The van der Waals surface area contributed by atoms with Gasteiger partial charge in [0.05, 0.1) is 16.6 Å². The maximum absolute atomic E-state index is 13.8. The lowest BCUT2D eigenvalue weighted by atomic mass is 10.1. The van der Waals surface area contributed by atoms with E-state index in [2.05, 4.69) is 35.9 Å². The van der Waals surface area contributed by atoms with Gasteiger partial charge < -0.3 is 9.88 Å². The average Bonchev–Trinajstić information content (AvgIpc) is 3.26. The molecule has 0 spiro atoms. The molecule has 1 aromatic heterocycles. The third kappa shape index (κ3) is 7.75. The zero-order valence-corrected chi connectivity index (χ0v) is 23.5. The molecule has 1 amide bonds. The lowest BCUT2D eigenvalue weighted by molar-refractivity contribution is -0.133. The fourth-order valence-electron chi connectivity index (χ4n) is 4.63. The van der Waals surface area contributed by atoms with Gasteiger partial charge in [-0.25, -0.2) is 0 Å². The number of nitrogens with zero attached hydrogens (tertiary/aromatic N) is 2. The molecular weight excluding hydrogens is 525 g/mol. The number of halogens is 3. The second kappa shape index (κ2) is 12.8. The number of nitrogens with one attached hydrogen (secondary N) is 1. The highest BCUT2D eigenvalue weighted by Crippen LogP contribution is 2.24. The number of aromatic amines is 1. The molecule has 0 aliphatic rings. The molecule has 3 aromatic carbocycles. The fraction of sp³-hybridized carbons (Fsp3) is 0.300. The quantitative estimate of drug-likeness (QED) is 0.204. The van der Waals surface area contributed by atoms with Gasteiger partial charge in [0.1, 0.15) is 0 Å². The minimum Gasteiger partial charge on any atom is -0.361 e. The number of rotatable bonds is 11. The van der Waals surface area contributed by atoms with Crippen molar-refractivity contribution >= 4 is 51.6 Å². The summed E-state index contributed by atoms with van der Waals surface area (Å²) in [6, 6.07) is 21.6. The third-order valence-corrected chi connectivity index (χ3v) is 7.29. The van der Waals surface area contributed by atoms with Crippen molar-refractivity contribution in [2.45, 2.75) is 33.4 Å². The zero-order valence-electron chi connectivity index (χ0n) is 21.2. The molecule has 0 saturated heterocycles. The van der Waals surface area contributed by atoms with Crippen LogP contribution in [0.3, 0.4) is 0 Å². The van der Waals surface area contributed by atoms with Gasteiger partial charge in [0.15, 0.2) is 0 Å². The first kappa shape index (κ1) is 27.5. The van der Waals surface area contributed by atoms with E-state index in [1.54, 1.807) is 6.07 Å². The molecule has 7 heteroatoms. The van der Waals surface area contributed by atoms with Crippen LogP contribution in [0.15, 0.2) is 72.9 Å². The number of H-pyrrole nitrogens is 1. The molecule has 0 atom stereocenters. The van der Waals surface area contributed by atoms with Crippen LogP contribution in [0.25, 0.3) is 10.9 Å². The number of para-hydroxylation sites is 1. The van der Waals surface area contributed by atoms with E-state index in [1.165, 1.54) is 10.9 Å². The second-order valence-corrected chi connectivity index (χ2v) is 11.1. The summed E-state index contributed by atoms with van der Waals surface area (Å²) < 4.78 is 0. The molecule has 0 radical (unpaired) electrons. The fourth-order valence-corrected chi connectivity index (χ4v) is 5.16. The molecule has 37 heavy (non-hydrogen) atoms. The molecule has 0 aliphatic carbocycles. The number of hydrogen-bond donors (Lipinski definition) is 1. The van der Waals surface area contributed by atoms with Gasteiger partial charge >= 0.3 is 0 Å². The number of aromatic nitrogens is 1. The first-order chi connectivity index (χ1) is 17.8. The van der Waals surface area contributed by atoms with E-state index < -0.39 is 0 Å². The Kier molecular flexibility index (Phi) is 9.55. The predicted molar refractivity (Wildman–Crippen MR) is 155 cm³/mol. The van der Waals surface area contributed by atoms with Crippen molar-refractivity contribution in [3.63, 3.8) is 0 Å². The average molecular weight is 557 g/mol. The Hall–Kier alpha value is -2.50. The van der Waals surface area contributed by atoms with E-state index in [9.17, 15) is 4.79 Å². The molecule has 0 fully saturated rings. The molecule has 0 saturated carbocycles. The van der Waals surface area contributed by atoms with Gasteiger partial charge in [-0.3, -0.25) is 9.69 Å². The number of carbonyl (C=O) groups is 1. The summed E-state index contributed by atoms with van der Waals surface area (Å²) in [5.74, 6) is 0.496. The monoisotopic (exact) mass is 555 g/mol. The van der Waals surface area contributed by atoms with Crippen molar-refractivity contribution in [2.24, 2.45) is 5.92 Å². The van der Waals surface area contributed by atoms with Crippen molar-refractivity contribution in [1.82, 2.24) is 14.8 Å². The highest BCUT2D eigenvalue weighted by molar-refractivity contribution is 6.42. The Morgan fingerprint density at radius 2 is 1.68 bits per heavy atom. The Bertz CT molecular complexity index is 1350. The van der Waals surface area contributed by atoms with Crippen molar-refractivity contribution in [3.8, 4) is 0 Å². The predicted octanol–water partition coefficient (Wildman–Crippen LogP) is 7.86. The van der Waals surface area contributed by atoms with Crippen LogP contribution in [-0.4, -0.2) is 40.3 Å². The third-order valence-electron chi connectivity index (χ3n) is 6.31. The van der Waals surface area contributed by atoms with E-state index in [0.717, 1.165) is 29.6 Å². The van der Waals surface area contributed by atoms with Crippen LogP contribution in [0.5, 0.6) is 0 Å². The summed E-state index contributed by atoms with van der Waals surface area (Å²) in [4.78, 5) is 21.2. The highest BCUT2D eigenvalue weighted by atomic mass is 35.5. The number of hydrogen-bond acceptors (Lipinski definition) is 2. The molecule has 0 bridgehead atoms. The first-order valence-corrected chi connectivity index (χ1v) is 13.7. The van der Waals surface area contributed by atoms with Crippen molar-refractivity contribution < 1.29 is 4.79 Å². The Morgan fingerprint density at radius 1 is 0.892 bits per heavy atom.